The highest BCUT2D eigenvalue weighted by Crippen LogP contribution is 2.26. The van der Waals surface area contributed by atoms with Crippen molar-refractivity contribution >= 4 is 6.01 Å². The molecule has 0 aromatic carbocycles. The SMILES string of the molecule is C1=NC2=C(CCCCCC2)N=1. The summed E-state index contributed by atoms with van der Waals surface area (Å²) < 4.78 is 0. The van der Waals surface area contributed by atoms with Crippen molar-refractivity contribution in [2.75, 3.05) is 0 Å². The van der Waals surface area contributed by atoms with Crippen LogP contribution in [0.25, 0.3) is 0 Å². The van der Waals surface area contributed by atoms with Gasteiger partial charge in [0.2, 0.25) is 0 Å². The van der Waals surface area contributed by atoms with E-state index in [2.05, 4.69) is 16.0 Å². The van der Waals surface area contributed by atoms with Gasteiger partial charge in [-0.05, 0) is 25.7 Å². The summed E-state index contributed by atoms with van der Waals surface area (Å²) in [5, 5.41) is 0. The van der Waals surface area contributed by atoms with Gasteiger partial charge >= 0.3 is 0 Å². The largest absolute Gasteiger partial charge is 0.190 e. The third-order valence-electron chi connectivity index (χ3n) is 2.28. The standard InChI is InChI=1S/C9H12N2/c1-2-4-6-9-8(5-3-1)10-7-11-9/h1-6H2. The topological polar surface area (TPSA) is 24.7 Å². The van der Waals surface area contributed by atoms with Crippen molar-refractivity contribution in [3.05, 3.63) is 11.4 Å². The van der Waals surface area contributed by atoms with E-state index in [0.29, 0.717) is 0 Å². The molecule has 2 nitrogen and oxygen atoms in total. The van der Waals surface area contributed by atoms with E-state index in [9.17, 15) is 0 Å². The van der Waals surface area contributed by atoms with Crippen molar-refractivity contribution in [3.8, 4) is 0 Å². The van der Waals surface area contributed by atoms with Crippen molar-refractivity contribution in [3.63, 3.8) is 0 Å². The highest BCUT2D eigenvalue weighted by molar-refractivity contribution is 5.51. The van der Waals surface area contributed by atoms with Gasteiger partial charge in [-0.2, -0.15) is 9.98 Å². The minimum absolute atomic E-state index is 1.12. The van der Waals surface area contributed by atoms with Gasteiger partial charge in [0, 0.05) is 0 Å². The van der Waals surface area contributed by atoms with E-state index in [1.165, 1.54) is 37.1 Å². The summed E-state index contributed by atoms with van der Waals surface area (Å²) in [6.07, 6.45) is 7.50. The minimum Gasteiger partial charge on any atom is -0.190 e. The van der Waals surface area contributed by atoms with Crippen LogP contribution in [0.4, 0.5) is 0 Å². The van der Waals surface area contributed by atoms with Crippen LogP contribution in [0, 0.1) is 0 Å². The fourth-order valence-corrected chi connectivity index (χ4v) is 1.61. The molecule has 0 N–H and O–H groups in total. The Balaban J connectivity index is 2.13. The van der Waals surface area contributed by atoms with Gasteiger partial charge in [-0.3, -0.25) is 0 Å². The fourth-order valence-electron chi connectivity index (χ4n) is 1.61. The maximum Gasteiger partial charge on any atom is 0.0999 e. The summed E-state index contributed by atoms with van der Waals surface area (Å²) in [4.78, 5) is 8.24. The molecule has 0 spiro atoms. The molecule has 1 aliphatic heterocycles. The van der Waals surface area contributed by atoms with Crippen LogP contribution in [0.1, 0.15) is 38.5 Å². The molecule has 11 heavy (non-hydrogen) atoms. The number of nitrogens with zero attached hydrogens (tertiary/aromatic N) is 2. The molecule has 58 valence electrons. The Kier molecular flexibility index (Phi) is 1.87. The van der Waals surface area contributed by atoms with E-state index in [1.54, 1.807) is 0 Å². The zero-order valence-electron chi connectivity index (χ0n) is 6.64. The molecule has 0 radical (unpaired) electrons. The van der Waals surface area contributed by atoms with Crippen molar-refractivity contribution in [1.29, 1.82) is 0 Å². The van der Waals surface area contributed by atoms with Gasteiger partial charge in [0.25, 0.3) is 0 Å². The van der Waals surface area contributed by atoms with E-state index in [1.807, 2.05) is 0 Å². The second-order valence-electron chi connectivity index (χ2n) is 3.13. The zero-order chi connectivity index (χ0) is 7.52. The predicted molar refractivity (Wildman–Crippen MR) is 44.6 cm³/mol. The second-order valence-corrected chi connectivity index (χ2v) is 3.13. The third-order valence-corrected chi connectivity index (χ3v) is 2.28. The Morgan fingerprint density at radius 1 is 0.818 bits per heavy atom. The number of hydrogen-bond donors (Lipinski definition) is 0. The molecule has 0 saturated carbocycles. The van der Waals surface area contributed by atoms with Gasteiger partial charge in [0.05, 0.1) is 17.4 Å². The Morgan fingerprint density at radius 3 is 1.91 bits per heavy atom. The van der Waals surface area contributed by atoms with Crippen LogP contribution in [0.2, 0.25) is 0 Å². The normalized spacial score (nSPS) is 23.3. The molecular formula is C9H12N2. The van der Waals surface area contributed by atoms with Gasteiger partial charge in [0.1, 0.15) is 0 Å². The van der Waals surface area contributed by atoms with Crippen LogP contribution >= 0.6 is 0 Å². The average Bonchev–Trinajstić information content (AvgIpc) is 2.35. The monoisotopic (exact) mass is 148 g/mol. The number of hydrogen-bond acceptors (Lipinski definition) is 2. The van der Waals surface area contributed by atoms with Crippen molar-refractivity contribution < 1.29 is 0 Å². The summed E-state index contributed by atoms with van der Waals surface area (Å²) in [5.41, 5.74) is 2.40. The molecule has 2 aliphatic rings. The van der Waals surface area contributed by atoms with Crippen molar-refractivity contribution in [2.24, 2.45) is 9.98 Å². The minimum atomic E-state index is 1.12. The smallest absolute Gasteiger partial charge is 0.0999 e. The predicted octanol–water partition coefficient (Wildman–Crippen LogP) is 2.74. The number of aliphatic imine (C=N–C) groups is 2. The molecule has 0 fully saturated rings. The first-order chi connectivity index (χ1) is 5.47. The first-order valence-electron chi connectivity index (χ1n) is 4.35. The summed E-state index contributed by atoms with van der Waals surface area (Å²) >= 11 is 0. The second kappa shape index (κ2) is 3.02. The molecule has 0 aromatic rings. The molecule has 0 saturated heterocycles. The Hall–Kier alpha value is -0.880. The van der Waals surface area contributed by atoms with Crippen LogP contribution in [0.5, 0.6) is 0 Å². The summed E-state index contributed by atoms with van der Waals surface area (Å²) in [5.74, 6) is 0. The molecule has 1 heterocycles. The Morgan fingerprint density at radius 2 is 1.36 bits per heavy atom. The summed E-state index contributed by atoms with van der Waals surface area (Å²) in [6, 6.07) is 2.70. The van der Waals surface area contributed by atoms with E-state index < -0.39 is 0 Å². The quantitative estimate of drug-likeness (QED) is 0.504. The molecule has 0 bridgehead atoms. The van der Waals surface area contributed by atoms with Crippen molar-refractivity contribution in [2.45, 2.75) is 38.5 Å². The zero-order valence-corrected chi connectivity index (χ0v) is 6.64. The lowest BCUT2D eigenvalue weighted by Gasteiger charge is -2.07. The maximum atomic E-state index is 4.12. The number of allylic oxidation sites excluding steroid dienone is 2. The molecule has 2 heteroatoms. The molecular weight excluding hydrogens is 136 g/mol. The van der Waals surface area contributed by atoms with E-state index in [0.717, 1.165) is 12.8 Å². The van der Waals surface area contributed by atoms with Crippen LogP contribution < -0.4 is 0 Å². The Labute approximate surface area is 66.7 Å². The number of rotatable bonds is 0. The van der Waals surface area contributed by atoms with Gasteiger partial charge in [0.15, 0.2) is 0 Å². The maximum absolute atomic E-state index is 4.12. The van der Waals surface area contributed by atoms with E-state index in [-0.39, 0.29) is 0 Å². The first kappa shape index (κ1) is 6.81. The molecule has 1 aliphatic carbocycles. The highest BCUT2D eigenvalue weighted by Gasteiger charge is 2.10. The van der Waals surface area contributed by atoms with Gasteiger partial charge < -0.3 is 0 Å². The van der Waals surface area contributed by atoms with Crippen LogP contribution in [-0.2, 0) is 0 Å². The van der Waals surface area contributed by atoms with E-state index >= 15 is 0 Å². The summed E-state index contributed by atoms with van der Waals surface area (Å²) in [6.45, 7) is 0. The van der Waals surface area contributed by atoms with E-state index in [4.69, 9.17) is 0 Å². The van der Waals surface area contributed by atoms with Gasteiger partial charge in [-0.25, -0.2) is 0 Å². The molecule has 0 amide bonds. The summed E-state index contributed by atoms with van der Waals surface area (Å²) in [7, 11) is 0. The van der Waals surface area contributed by atoms with Gasteiger partial charge in [-0.15, -0.1) is 0 Å². The molecule has 0 atom stereocenters. The lowest BCUT2D eigenvalue weighted by atomic mass is 10.0. The van der Waals surface area contributed by atoms with Crippen LogP contribution in [-0.4, -0.2) is 6.01 Å². The molecule has 0 aromatic heterocycles. The average molecular weight is 148 g/mol. The molecule has 0 unspecified atom stereocenters. The lowest BCUT2D eigenvalue weighted by Crippen LogP contribution is -1.91. The highest BCUT2D eigenvalue weighted by atomic mass is 14.9. The molecule has 2 rings (SSSR count). The van der Waals surface area contributed by atoms with Crippen LogP contribution in [0.15, 0.2) is 21.4 Å². The third kappa shape index (κ3) is 1.41. The Bertz CT molecular complexity index is 222. The lowest BCUT2D eigenvalue weighted by molar-refractivity contribution is 0.609. The first-order valence-corrected chi connectivity index (χ1v) is 4.35. The van der Waals surface area contributed by atoms with Crippen LogP contribution in [0.3, 0.4) is 0 Å². The van der Waals surface area contributed by atoms with Gasteiger partial charge in [-0.1, -0.05) is 12.8 Å². The van der Waals surface area contributed by atoms with Crippen molar-refractivity contribution in [1.82, 2.24) is 0 Å². The fraction of sp³-hybridized carbons (Fsp3) is 0.667.